The van der Waals surface area contributed by atoms with Gasteiger partial charge in [0.25, 0.3) is 0 Å². The van der Waals surface area contributed by atoms with Gasteiger partial charge in [0.05, 0.1) is 10.8 Å². The van der Waals surface area contributed by atoms with Crippen molar-refractivity contribution >= 4 is 10.8 Å². The SMILES string of the molecule is CC/C(C)=C(/C)S(=O)c1ccccc1. The van der Waals surface area contributed by atoms with Crippen LogP contribution in [0.2, 0.25) is 0 Å². The lowest BCUT2D eigenvalue weighted by Gasteiger charge is -2.05. The molecule has 1 nitrogen and oxygen atoms in total. The minimum absolute atomic E-state index is 0.887. The van der Waals surface area contributed by atoms with Gasteiger partial charge in [-0.1, -0.05) is 30.7 Å². The average molecular weight is 208 g/mol. The summed E-state index contributed by atoms with van der Waals surface area (Å²) < 4.78 is 12.0. The maximum atomic E-state index is 12.0. The van der Waals surface area contributed by atoms with Crippen LogP contribution >= 0.6 is 0 Å². The molecule has 0 saturated heterocycles. The molecule has 1 atom stereocenters. The maximum absolute atomic E-state index is 12.0. The Morgan fingerprint density at radius 3 is 2.29 bits per heavy atom. The van der Waals surface area contributed by atoms with E-state index in [2.05, 4.69) is 6.92 Å². The highest BCUT2D eigenvalue weighted by Crippen LogP contribution is 2.18. The molecule has 0 aromatic heterocycles. The number of benzene rings is 1. The summed E-state index contributed by atoms with van der Waals surface area (Å²) in [5.74, 6) is 0. The van der Waals surface area contributed by atoms with Gasteiger partial charge in [0.2, 0.25) is 0 Å². The van der Waals surface area contributed by atoms with E-state index in [9.17, 15) is 4.21 Å². The molecular weight excluding hydrogens is 192 g/mol. The Balaban J connectivity index is 2.98. The lowest BCUT2D eigenvalue weighted by molar-refractivity contribution is 0.686. The molecule has 1 aromatic rings. The Morgan fingerprint density at radius 2 is 1.79 bits per heavy atom. The molecule has 0 N–H and O–H groups in total. The van der Waals surface area contributed by atoms with Crippen LogP contribution in [0.25, 0.3) is 0 Å². The van der Waals surface area contributed by atoms with Gasteiger partial charge in [-0.15, -0.1) is 0 Å². The molecule has 0 saturated carbocycles. The van der Waals surface area contributed by atoms with E-state index < -0.39 is 10.8 Å². The minimum Gasteiger partial charge on any atom is -0.249 e. The van der Waals surface area contributed by atoms with E-state index in [4.69, 9.17) is 0 Å². The van der Waals surface area contributed by atoms with E-state index in [0.717, 1.165) is 16.2 Å². The number of allylic oxidation sites excluding steroid dienone is 2. The molecule has 0 aliphatic heterocycles. The molecule has 14 heavy (non-hydrogen) atoms. The van der Waals surface area contributed by atoms with Crippen molar-refractivity contribution in [2.75, 3.05) is 0 Å². The van der Waals surface area contributed by atoms with Gasteiger partial charge in [-0.2, -0.15) is 0 Å². The standard InChI is InChI=1S/C12H16OS/c1-4-10(2)11(3)14(13)12-8-6-5-7-9-12/h5-9H,4H2,1-3H3/b11-10-. The Kier molecular flexibility index (Phi) is 4.08. The van der Waals surface area contributed by atoms with Crippen LogP contribution in [0.4, 0.5) is 0 Å². The summed E-state index contributed by atoms with van der Waals surface area (Å²) in [4.78, 5) is 1.87. The van der Waals surface area contributed by atoms with E-state index in [-0.39, 0.29) is 0 Å². The van der Waals surface area contributed by atoms with E-state index >= 15 is 0 Å². The first-order chi connectivity index (χ1) is 6.66. The largest absolute Gasteiger partial charge is 0.249 e. The molecule has 0 radical (unpaired) electrons. The molecule has 0 aliphatic rings. The summed E-state index contributed by atoms with van der Waals surface area (Å²) in [7, 11) is -0.979. The normalized spacial score (nSPS) is 14.8. The number of hydrogen-bond donors (Lipinski definition) is 0. The van der Waals surface area contributed by atoms with Crippen LogP contribution < -0.4 is 0 Å². The second-order valence-electron chi connectivity index (χ2n) is 3.27. The second kappa shape index (κ2) is 5.11. The molecule has 1 unspecified atom stereocenters. The maximum Gasteiger partial charge on any atom is 0.0804 e. The zero-order valence-corrected chi connectivity index (χ0v) is 9.73. The molecule has 1 aromatic carbocycles. The van der Waals surface area contributed by atoms with Gasteiger partial charge < -0.3 is 0 Å². The first kappa shape index (κ1) is 11.2. The molecule has 0 amide bonds. The zero-order valence-electron chi connectivity index (χ0n) is 8.91. The molecule has 1 rings (SSSR count). The molecular formula is C12H16OS. The fourth-order valence-electron chi connectivity index (χ4n) is 1.13. The second-order valence-corrected chi connectivity index (χ2v) is 4.89. The van der Waals surface area contributed by atoms with Crippen molar-refractivity contribution < 1.29 is 4.21 Å². The van der Waals surface area contributed by atoms with Gasteiger partial charge in [-0.3, -0.25) is 0 Å². The van der Waals surface area contributed by atoms with Crippen LogP contribution in [0.5, 0.6) is 0 Å². The van der Waals surface area contributed by atoms with E-state index in [1.165, 1.54) is 5.57 Å². The Bertz CT molecular complexity index is 352. The monoisotopic (exact) mass is 208 g/mol. The van der Waals surface area contributed by atoms with Crippen molar-refractivity contribution in [2.45, 2.75) is 32.1 Å². The fourth-order valence-corrected chi connectivity index (χ4v) is 2.35. The van der Waals surface area contributed by atoms with Crippen molar-refractivity contribution in [1.29, 1.82) is 0 Å². The van der Waals surface area contributed by atoms with Gasteiger partial charge in [0.1, 0.15) is 0 Å². The van der Waals surface area contributed by atoms with Crippen LogP contribution in [-0.4, -0.2) is 4.21 Å². The molecule has 76 valence electrons. The molecule has 2 heteroatoms. The summed E-state index contributed by atoms with van der Waals surface area (Å²) in [6, 6.07) is 9.58. The summed E-state index contributed by atoms with van der Waals surface area (Å²) in [6.45, 7) is 6.07. The highest BCUT2D eigenvalue weighted by Gasteiger charge is 2.06. The quantitative estimate of drug-likeness (QED) is 0.743. The highest BCUT2D eigenvalue weighted by molar-refractivity contribution is 7.89. The van der Waals surface area contributed by atoms with Crippen molar-refractivity contribution in [2.24, 2.45) is 0 Å². The summed E-state index contributed by atoms with van der Waals surface area (Å²) in [5.41, 5.74) is 1.21. The first-order valence-corrected chi connectivity index (χ1v) is 5.95. The van der Waals surface area contributed by atoms with Crippen molar-refractivity contribution in [3.05, 3.63) is 40.8 Å². The molecule has 0 aliphatic carbocycles. The predicted molar refractivity (Wildman–Crippen MR) is 61.5 cm³/mol. The molecule has 0 spiro atoms. The topological polar surface area (TPSA) is 17.1 Å². The van der Waals surface area contributed by atoms with Gasteiger partial charge >= 0.3 is 0 Å². The Labute approximate surface area is 88.3 Å². The average Bonchev–Trinajstić information content (AvgIpc) is 2.27. The summed E-state index contributed by atoms with van der Waals surface area (Å²) >= 11 is 0. The molecule has 0 fully saturated rings. The number of hydrogen-bond acceptors (Lipinski definition) is 1. The Hall–Kier alpha value is -0.890. The van der Waals surface area contributed by atoms with Crippen LogP contribution in [0.3, 0.4) is 0 Å². The van der Waals surface area contributed by atoms with E-state index in [0.29, 0.717) is 0 Å². The van der Waals surface area contributed by atoms with Gasteiger partial charge in [0, 0.05) is 9.80 Å². The van der Waals surface area contributed by atoms with Gasteiger partial charge in [0.15, 0.2) is 0 Å². The predicted octanol–water partition coefficient (Wildman–Crippen LogP) is 3.50. The fraction of sp³-hybridized carbons (Fsp3) is 0.333. The summed E-state index contributed by atoms with van der Waals surface area (Å²) in [6.07, 6.45) is 0.963. The summed E-state index contributed by atoms with van der Waals surface area (Å²) in [5, 5.41) is 0. The number of rotatable bonds is 3. The third-order valence-electron chi connectivity index (χ3n) is 2.37. The van der Waals surface area contributed by atoms with Crippen molar-refractivity contribution in [3.63, 3.8) is 0 Å². The minimum atomic E-state index is -0.979. The van der Waals surface area contributed by atoms with Gasteiger partial charge in [-0.25, -0.2) is 4.21 Å². The van der Waals surface area contributed by atoms with Crippen LogP contribution in [0.1, 0.15) is 27.2 Å². The first-order valence-electron chi connectivity index (χ1n) is 4.80. The molecule has 0 bridgehead atoms. The third kappa shape index (κ3) is 2.55. The van der Waals surface area contributed by atoms with Crippen LogP contribution in [0, 0.1) is 0 Å². The van der Waals surface area contributed by atoms with Crippen molar-refractivity contribution in [3.8, 4) is 0 Å². The van der Waals surface area contributed by atoms with Crippen molar-refractivity contribution in [1.82, 2.24) is 0 Å². The lowest BCUT2D eigenvalue weighted by Crippen LogP contribution is -1.95. The van der Waals surface area contributed by atoms with Crippen LogP contribution in [-0.2, 0) is 10.8 Å². The van der Waals surface area contributed by atoms with Gasteiger partial charge in [-0.05, 0) is 32.4 Å². The third-order valence-corrected chi connectivity index (χ3v) is 3.97. The van der Waals surface area contributed by atoms with Crippen LogP contribution in [0.15, 0.2) is 45.7 Å². The van der Waals surface area contributed by atoms with E-state index in [1.54, 1.807) is 0 Å². The van der Waals surface area contributed by atoms with E-state index in [1.807, 2.05) is 44.2 Å². The smallest absolute Gasteiger partial charge is 0.0804 e. The highest BCUT2D eigenvalue weighted by atomic mass is 32.2. The molecule has 0 heterocycles. The Morgan fingerprint density at radius 1 is 1.21 bits per heavy atom. The lowest BCUT2D eigenvalue weighted by atomic mass is 10.2. The zero-order chi connectivity index (χ0) is 10.6.